The fourth-order valence-electron chi connectivity index (χ4n) is 3.17. The molecule has 0 saturated heterocycles. The summed E-state index contributed by atoms with van der Waals surface area (Å²) in [7, 11) is 0. The van der Waals surface area contributed by atoms with Crippen LogP contribution >= 0.6 is 0 Å². The summed E-state index contributed by atoms with van der Waals surface area (Å²) in [5.41, 5.74) is 3.32. The van der Waals surface area contributed by atoms with Gasteiger partial charge in [0.2, 0.25) is 5.76 Å². The number of hydrogen-bond donors (Lipinski definition) is 2. The second-order valence-corrected chi connectivity index (χ2v) is 7.78. The van der Waals surface area contributed by atoms with Crippen molar-refractivity contribution >= 4 is 17.5 Å². The van der Waals surface area contributed by atoms with Crippen molar-refractivity contribution in [3.63, 3.8) is 0 Å². The van der Waals surface area contributed by atoms with E-state index in [2.05, 4.69) is 15.8 Å². The Labute approximate surface area is 153 Å². The summed E-state index contributed by atoms with van der Waals surface area (Å²) in [6.07, 6.45) is 3.78. The maximum atomic E-state index is 12.7. The van der Waals surface area contributed by atoms with Gasteiger partial charge in [-0.25, -0.2) is 0 Å². The largest absolute Gasteiger partial charge is 0.350 e. The van der Waals surface area contributed by atoms with Gasteiger partial charge in [-0.2, -0.15) is 0 Å². The normalized spacial score (nSPS) is 13.8. The average Bonchev–Trinajstić information content (AvgIpc) is 2.99. The highest BCUT2D eigenvalue weighted by Crippen LogP contribution is 2.26. The molecule has 2 N–H and O–H groups in total. The Hall–Kier alpha value is -2.63. The second kappa shape index (κ2) is 6.94. The van der Waals surface area contributed by atoms with Gasteiger partial charge in [-0.05, 0) is 71.1 Å². The Morgan fingerprint density at radius 1 is 1.12 bits per heavy atom. The molecule has 138 valence electrons. The maximum absolute atomic E-state index is 12.7. The lowest BCUT2D eigenvalue weighted by atomic mass is 9.96. The van der Waals surface area contributed by atoms with Gasteiger partial charge in [-0.3, -0.25) is 9.59 Å². The smallest absolute Gasteiger partial charge is 0.294 e. The third-order valence-corrected chi connectivity index (χ3v) is 4.48. The van der Waals surface area contributed by atoms with Gasteiger partial charge in [0, 0.05) is 22.4 Å². The minimum Gasteiger partial charge on any atom is -0.350 e. The molecule has 6 heteroatoms. The predicted molar refractivity (Wildman–Crippen MR) is 99.5 cm³/mol. The molecule has 0 spiro atoms. The first-order valence-corrected chi connectivity index (χ1v) is 8.97. The first-order chi connectivity index (χ1) is 12.3. The fourth-order valence-corrected chi connectivity index (χ4v) is 3.17. The van der Waals surface area contributed by atoms with Crippen molar-refractivity contribution in [3.05, 3.63) is 46.3 Å². The number of benzene rings is 1. The number of aromatic nitrogens is 1. The standard InChI is InChI=1S/C20H25N3O3/c1-12-13(18(24)22-20(2,3)4)9-7-11-15(12)21-19(25)17-14-8-5-6-10-16(14)23-26-17/h7,9,11H,5-6,8,10H2,1-4H3,(H,21,25)(H,22,24). The Bertz CT molecular complexity index is 846. The number of carbonyl (C=O) groups is 2. The molecular weight excluding hydrogens is 330 g/mol. The molecule has 2 amide bonds. The van der Waals surface area contributed by atoms with Crippen LogP contribution in [0.25, 0.3) is 0 Å². The van der Waals surface area contributed by atoms with E-state index >= 15 is 0 Å². The number of carbonyl (C=O) groups excluding carboxylic acids is 2. The summed E-state index contributed by atoms with van der Waals surface area (Å²) in [5, 5.41) is 9.84. The van der Waals surface area contributed by atoms with E-state index in [4.69, 9.17) is 4.52 Å². The summed E-state index contributed by atoms with van der Waals surface area (Å²) in [5.74, 6) is -0.205. The molecule has 1 aliphatic carbocycles. The monoisotopic (exact) mass is 355 g/mol. The van der Waals surface area contributed by atoms with Gasteiger partial charge in [-0.1, -0.05) is 11.2 Å². The van der Waals surface area contributed by atoms with Crippen molar-refractivity contribution in [1.82, 2.24) is 10.5 Å². The van der Waals surface area contributed by atoms with E-state index < -0.39 is 0 Å². The first-order valence-electron chi connectivity index (χ1n) is 8.97. The number of amides is 2. The van der Waals surface area contributed by atoms with Crippen LogP contribution in [-0.2, 0) is 12.8 Å². The first kappa shape index (κ1) is 18.2. The molecule has 1 aromatic heterocycles. The van der Waals surface area contributed by atoms with Gasteiger partial charge < -0.3 is 15.2 Å². The van der Waals surface area contributed by atoms with Crippen molar-refractivity contribution in [3.8, 4) is 0 Å². The quantitative estimate of drug-likeness (QED) is 0.880. The van der Waals surface area contributed by atoms with E-state index in [1.807, 2.05) is 27.7 Å². The number of hydrogen-bond acceptors (Lipinski definition) is 4. The molecule has 26 heavy (non-hydrogen) atoms. The van der Waals surface area contributed by atoms with Crippen molar-refractivity contribution < 1.29 is 14.1 Å². The zero-order valence-electron chi connectivity index (χ0n) is 15.7. The Morgan fingerprint density at radius 2 is 1.85 bits per heavy atom. The van der Waals surface area contributed by atoms with E-state index in [1.165, 1.54) is 0 Å². The fraction of sp³-hybridized carbons (Fsp3) is 0.450. The predicted octanol–water partition coefficient (Wildman–Crippen LogP) is 3.64. The molecule has 1 heterocycles. The lowest BCUT2D eigenvalue weighted by molar-refractivity contribution is 0.0917. The molecule has 1 aromatic carbocycles. The summed E-state index contributed by atoms with van der Waals surface area (Å²) >= 11 is 0. The highest BCUT2D eigenvalue weighted by atomic mass is 16.5. The molecule has 1 aliphatic rings. The van der Waals surface area contributed by atoms with Crippen LogP contribution in [0.5, 0.6) is 0 Å². The summed E-state index contributed by atoms with van der Waals surface area (Å²) in [6, 6.07) is 5.29. The van der Waals surface area contributed by atoms with Crippen LogP contribution in [0.15, 0.2) is 22.7 Å². The van der Waals surface area contributed by atoms with Gasteiger partial charge in [-0.15, -0.1) is 0 Å². The summed E-state index contributed by atoms with van der Waals surface area (Å²) in [4.78, 5) is 25.2. The molecule has 0 fully saturated rings. The van der Waals surface area contributed by atoms with Gasteiger partial charge >= 0.3 is 0 Å². The summed E-state index contributed by atoms with van der Waals surface area (Å²) < 4.78 is 5.29. The van der Waals surface area contributed by atoms with Crippen molar-refractivity contribution in [1.29, 1.82) is 0 Å². The Morgan fingerprint density at radius 3 is 2.58 bits per heavy atom. The number of fused-ring (bicyclic) bond motifs is 1. The minimum absolute atomic E-state index is 0.164. The van der Waals surface area contributed by atoms with Gasteiger partial charge in [0.25, 0.3) is 11.8 Å². The Balaban J connectivity index is 1.82. The second-order valence-electron chi connectivity index (χ2n) is 7.78. The molecule has 0 radical (unpaired) electrons. The van der Waals surface area contributed by atoms with Crippen molar-refractivity contribution in [2.45, 2.75) is 58.9 Å². The van der Waals surface area contributed by atoms with Crippen LogP contribution < -0.4 is 10.6 Å². The molecule has 0 bridgehead atoms. The molecule has 2 aromatic rings. The van der Waals surface area contributed by atoms with E-state index in [1.54, 1.807) is 18.2 Å². The molecule has 0 saturated carbocycles. The zero-order valence-corrected chi connectivity index (χ0v) is 15.7. The van der Waals surface area contributed by atoms with E-state index in [0.29, 0.717) is 11.3 Å². The van der Waals surface area contributed by atoms with Crippen molar-refractivity contribution in [2.24, 2.45) is 0 Å². The van der Waals surface area contributed by atoms with Gasteiger partial charge in [0.15, 0.2) is 0 Å². The van der Waals surface area contributed by atoms with Crippen LogP contribution in [-0.4, -0.2) is 22.5 Å². The van der Waals surface area contributed by atoms with Crippen LogP contribution in [0.4, 0.5) is 5.69 Å². The van der Waals surface area contributed by atoms with Crippen LogP contribution in [0, 0.1) is 6.92 Å². The number of aryl methyl sites for hydroxylation is 1. The number of rotatable bonds is 3. The maximum Gasteiger partial charge on any atom is 0.294 e. The number of nitrogens with one attached hydrogen (secondary N) is 2. The van der Waals surface area contributed by atoms with Gasteiger partial charge in [0.05, 0.1) is 5.69 Å². The van der Waals surface area contributed by atoms with Crippen LogP contribution in [0.2, 0.25) is 0 Å². The van der Waals surface area contributed by atoms with Crippen LogP contribution in [0.1, 0.15) is 71.3 Å². The minimum atomic E-state index is -0.332. The number of anilines is 1. The van der Waals surface area contributed by atoms with E-state index in [0.717, 1.165) is 42.5 Å². The SMILES string of the molecule is Cc1c(NC(=O)c2onc3c2CCCC3)cccc1C(=O)NC(C)(C)C. The topological polar surface area (TPSA) is 84.2 Å². The Kier molecular flexibility index (Phi) is 4.85. The van der Waals surface area contributed by atoms with Crippen molar-refractivity contribution in [2.75, 3.05) is 5.32 Å². The van der Waals surface area contributed by atoms with Gasteiger partial charge in [0.1, 0.15) is 0 Å². The zero-order chi connectivity index (χ0) is 18.9. The third-order valence-electron chi connectivity index (χ3n) is 4.48. The van der Waals surface area contributed by atoms with E-state index in [9.17, 15) is 9.59 Å². The molecule has 6 nitrogen and oxygen atoms in total. The highest BCUT2D eigenvalue weighted by Gasteiger charge is 2.25. The summed E-state index contributed by atoms with van der Waals surface area (Å²) in [6.45, 7) is 7.61. The molecule has 0 aliphatic heterocycles. The molecule has 0 atom stereocenters. The number of nitrogens with zero attached hydrogens (tertiary/aromatic N) is 1. The average molecular weight is 355 g/mol. The molecule has 0 unspecified atom stereocenters. The lowest BCUT2D eigenvalue weighted by Crippen LogP contribution is -2.40. The van der Waals surface area contributed by atoms with E-state index in [-0.39, 0.29) is 23.1 Å². The highest BCUT2D eigenvalue weighted by molar-refractivity contribution is 6.05. The molecule has 3 rings (SSSR count). The third kappa shape index (κ3) is 3.79. The lowest BCUT2D eigenvalue weighted by Gasteiger charge is -2.21. The van der Waals surface area contributed by atoms with Crippen LogP contribution in [0.3, 0.4) is 0 Å². The molecular formula is C20H25N3O3.